The summed E-state index contributed by atoms with van der Waals surface area (Å²) in [6.07, 6.45) is 4.97. The number of nitrogens with zero attached hydrogens (tertiary/aromatic N) is 1. The normalized spacial score (nSPS) is 21.6. The first-order valence-corrected chi connectivity index (χ1v) is 7.67. The summed E-state index contributed by atoms with van der Waals surface area (Å²) in [5.74, 6) is -1.01. The smallest absolute Gasteiger partial charge is 0.314 e. The predicted molar refractivity (Wildman–Crippen MR) is 75.7 cm³/mol. The van der Waals surface area contributed by atoms with Crippen molar-refractivity contribution in [3.8, 4) is 0 Å². The zero-order valence-electron chi connectivity index (χ0n) is 11.2. The Labute approximate surface area is 121 Å². The van der Waals surface area contributed by atoms with Gasteiger partial charge in [-0.2, -0.15) is 0 Å². The SMILES string of the molecule is O=C(NCCc1nccs1)NCC1CCCC1C(=O)O. The van der Waals surface area contributed by atoms with Gasteiger partial charge in [-0.15, -0.1) is 11.3 Å². The Morgan fingerprint density at radius 3 is 2.95 bits per heavy atom. The summed E-state index contributed by atoms with van der Waals surface area (Å²) < 4.78 is 0. The van der Waals surface area contributed by atoms with Crippen molar-refractivity contribution >= 4 is 23.3 Å². The van der Waals surface area contributed by atoms with Crippen molar-refractivity contribution in [1.82, 2.24) is 15.6 Å². The lowest BCUT2D eigenvalue weighted by Gasteiger charge is -2.16. The summed E-state index contributed by atoms with van der Waals surface area (Å²) in [6.45, 7) is 0.965. The van der Waals surface area contributed by atoms with Crippen LogP contribution in [-0.4, -0.2) is 35.2 Å². The van der Waals surface area contributed by atoms with Gasteiger partial charge in [0.15, 0.2) is 0 Å². The lowest BCUT2D eigenvalue weighted by molar-refractivity contribution is -0.142. The molecule has 1 saturated carbocycles. The molecule has 1 aromatic heterocycles. The summed E-state index contributed by atoms with van der Waals surface area (Å²) in [4.78, 5) is 26.8. The number of thiazole rings is 1. The third-order valence-electron chi connectivity index (χ3n) is 3.61. The van der Waals surface area contributed by atoms with Gasteiger partial charge in [-0.05, 0) is 18.8 Å². The molecule has 1 heterocycles. The third-order valence-corrected chi connectivity index (χ3v) is 4.45. The topological polar surface area (TPSA) is 91.3 Å². The Hall–Kier alpha value is -1.63. The number of urea groups is 1. The van der Waals surface area contributed by atoms with Crippen molar-refractivity contribution in [2.75, 3.05) is 13.1 Å². The van der Waals surface area contributed by atoms with Gasteiger partial charge in [0.2, 0.25) is 0 Å². The largest absolute Gasteiger partial charge is 0.481 e. The van der Waals surface area contributed by atoms with E-state index in [-0.39, 0.29) is 17.9 Å². The standard InChI is InChI=1S/C13H19N3O3S/c17-12(18)10-3-1-2-9(10)8-16-13(19)15-5-4-11-14-6-7-20-11/h6-7,9-10H,1-5,8H2,(H,17,18)(H2,15,16,19). The zero-order chi connectivity index (χ0) is 14.4. The molecule has 3 N–H and O–H groups in total. The number of rotatable bonds is 6. The van der Waals surface area contributed by atoms with Gasteiger partial charge in [-0.25, -0.2) is 9.78 Å². The lowest BCUT2D eigenvalue weighted by atomic mass is 9.96. The number of carbonyl (C=O) groups is 2. The average Bonchev–Trinajstić information content (AvgIpc) is 3.07. The molecule has 0 radical (unpaired) electrons. The van der Waals surface area contributed by atoms with Crippen LogP contribution < -0.4 is 10.6 Å². The first kappa shape index (κ1) is 14.8. The van der Waals surface area contributed by atoms with Crippen LogP contribution in [0.25, 0.3) is 0 Å². The van der Waals surface area contributed by atoms with E-state index in [4.69, 9.17) is 5.11 Å². The third kappa shape index (κ3) is 4.19. The van der Waals surface area contributed by atoms with Crippen LogP contribution in [-0.2, 0) is 11.2 Å². The monoisotopic (exact) mass is 297 g/mol. The number of aromatic nitrogens is 1. The highest BCUT2D eigenvalue weighted by Gasteiger charge is 2.32. The van der Waals surface area contributed by atoms with E-state index < -0.39 is 5.97 Å². The molecule has 6 nitrogen and oxygen atoms in total. The summed E-state index contributed by atoms with van der Waals surface area (Å²) in [5, 5.41) is 17.5. The molecular formula is C13H19N3O3S. The molecule has 2 unspecified atom stereocenters. The molecular weight excluding hydrogens is 278 g/mol. The number of amides is 2. The van der Waals surface area contributed by atoms with Crippen molar-refractivity contribution in [2.45, 2.75) is 25.7 Å². The average molecular weight is 297 g/mol. The summed E-state index contributed by atoms with van der Waals surface area (Å²) in [7, 11) is 0. The highest BCUT2D eigenvalue weighted by atomic mass is 32.1. The molecule has 0 bridgehead atoms. The van der Waals surface area contributed by atoms with E-state index >= 15 is 0 Å². The number of carboxylic acid groups (broad SMARTS) is 1. The number of carbonyl (C=O) groups excluding carboxylic acids is 1. The number of aliphatic carboxylic acids is 1. The van der Waals surface area contributed by atoms with Crippen LogP contribution in [0, 0.1) is 11.8 Å². The number of carboxylic acids is 1. The fourth-order valence-corrected chi connectivity index (χ4v) is 3.17. The summed E-state index contributed by atoms with van der Waals surface area (Å²) >= 11 is 1.56. The molecule has 1 aliphatic rings. The Kier molecular flexibility index (Phi) is 5.34. The van der Waals surface area contributed by atoms with Crippen molar-refractivity contribution in [3.63, 3.8) is 0 Å². The Bertz CT molecular complexity index is 450. The molecule has 2 rings (SSSR count). The second kappa shape index (κ2) is 7.23. The molecule has 110 valence electrons. The summed E-state index contributed by atoms with van der Waals surface area (Å²) in [5.41, 5.74) is 0. The highest BCUT2D eigenvalue weighted by Crippen LogP contribution is 2.31. The Balaban J connectivity index is 1.63. The van der Waals surface area contributed by atoms with Gasteiger partial charge in [0.05, 0.1) is 10.9 Å². The minimum absolute atomic E-state index is 0.0530. The molecule has 0 spiro atoms. The van der Waals surface area contributed by atoms with Crippen LogP contribution in [0.5, 0.6) is 0 Å². The van der Waals surface area contributed by atoms with Gasteiger partial charge in [0.25, 0.3) is 0 Å². The predicted octanol–water partition coefficient (Wildman–Crippen LogP) is 1.49. The van der Waals surface area contributed by atoms with E-state index in [0.29, 0.717) is 25.9 Å². The van der Waals surface area contributed by atoms with Crippen molar-refractivity contribution in [2.24, 2.45) is 11.8 Å². The second-order valence-electron chi connectivity index (χ2n) is 4.95. The molecule has 1 fully saturated rings. The van der Waals surface area contributed by atoms with Gasteiger partial charge in [-0.3, -0.25) is 4.79 Å². The van der Waals surface area contributed by atoms with Crippen LogP contribution in [0.1, 0.15) is 24.3 Å². The van der Waals surface area contributed by atoms with E-state index in [1.54, 1.807) is 17.5 Å². The van der Waals surface area contributed by atoms with Crippen LogP contribution >= 0.6 is 11.3 Å². The fraction of sp³-hybridized carbons (Fsp3) is 0.615. The molecule has 0 saturated heterocycles. The maximum absolute atomic E-state index is 11.6. The van der Waals surface area contributed by atoms with Gasteiger partial charge in [-0.1, -0.05) is 6.42 Å². The van der Waals surface area contributed by atoms with E-state index in [9.17, 15) is 9.59 Å². The summed E-state index contributed by atoms with van der Waals surface area (Å²) in [6, 6.07) is -0.238. The fourth-order valence-electron chi connectivity index (χ4n) is 2.55. The molecule has 0 aliphatic heterocycles. The molecule has 1 aromatic rings. The van der Waals surface area contributed by atoms with E-state index in [2.05, 4.69) is 15.6 Å². The molecule has 7 heteroatoms. The van der Waals surface area contributed by atoms with Gasteiger partial charge >= 0.3 is 12.0 Å². The maximum Gasteiger partial charge on any atom is 0.314 e. The van der Waals surface area contributed by atoms with E-state index in [1.165, 1.54) is 0 Å². The van der Waals surface area contributed by atoms with Crippen LogP contribution in [0.4, 0.5) is 4.79 Å². The van der Waals surface area contributed by atoms with Gasteiger partial charge < -0.3 is 15.7 Å². The van der Waals surface area contributed by atoms with E-state index in [1.807, 2.05) is 5.38 Å². The number of hydrogen-bond acceptors (Lipinski definition) is 4. The van der Waals surface area contributed by atoms with Gasteiger partial charge in [0.1, 0.15) is 0 Å². The quantitative estimate of drug-likeness (QED) is 0.742. The van der Waals surface area contributed by atoms with Crippen molar-refractivity contribution in [1.29, 1.82) is 0 Å². The van der Waals surface area contributed by atoms with Crippen molar-refractivity contribution in [3.05, 3.63) is 16.6 Å². The lowest BCUT2D eigenvalue weighted by Crippen LogP contribution is -2.40. The van der Waals surface area contributed by atoms with Crippen LogP contribution in [0.15, 0.2) is 11.6 Å². The van der Waals surface area contributed by atoms with Crippen molar-refractivity contribution < 1.29 is 14.7 Å². The maximum atomic E-state index is 11.6. The minimum atomic E-state index is -0.751. The van der Waals surface area contributed by atoms with Crippen LogP contribution in [0.2, 0.25) is 0 Å². The Morgan fingerprint density at radius 2 is 2.25 bits per heavy atom. The molecule has 2 atom stereocenters. The van der Waals surface area contributed by atoms with Crippen LogP contribution in [0.3, 0.4) is 0 Å². The highest BCUT2D eigenvalue weighted by molar-refractivity contribution is 7.09. The molecule has 20 heavy (non-hydrogen) atoms. The first-order valence-electron chi connectivity index (χ1n) is 6.79. The van der Waals surface area contributed by atoms with E-state index in [0.717, 1.165) is 17.8 Å². The molecule has 2 amide bonds. The van der Waals surface area contributed by atoms with Gasteiger partial charge in [0, 0.05) is 31.1 Å². The minimum Gasteiger partial charge on any atom is -0.481 e. The first-order chi connectivity index (χ1) is 9.66. The second-order valence-corrected chi connectivity index (χ2v) is 5.93. The molecule has 0 aromatic carbocycles. The number of hydrogen-bond donors (Lipinski definition) is 3. The molecule has 1 aliphatic carbocycles. The number of nitrogens with one attached hydrogen (secondary N) is 2. The Morgan fingerprint density at radius 1 is 1.40 bits per heavy atom. The zero-order valence-corrected chi connectivity index (χ0v) is 12.0.